The SMILES string of the molecule is C=CN(C)C(=O)C(=C)O.CC. The number of hydrogen-bond acceptors (Lipinski definition) is 2. The molecule has 0 rings (SSSR count). The van der Waals surface area contributed by atoms with E-state index in [1.54, 1.807) is 0 Å². The van der Waals surface area contributed by atoms with E-state index in [1.165, 1.54) is 13.2 Å². The van der Waals surface area contributed by atoms with Crippen LogP contribution in [0.4, 0.5) is 0 Å². The fourth-order valence-electron chi connectivity index (χ4n) is 0.286. The van der Waals surface area contributed by atoms with Crippen molar-refractivity contribution in [2.75, 3.05) is 7.05 Å². The standard InChI is InChI=1S/C6H9NO2.C2H6/c1-4-7(3)6(9)5(2)8;1-2/h4,8H,1-2H2,3H3;1-2H3. The predicted molar refractivity (Wildman–Crippen MR) is 46.1 cm³/mol. The first-order valence-electron chi connectivity index (χ1n) is 3.37. The van der Waals surface area contributed by atoms with Crippen LogP contribution < -0.4 is 0 Å². The fourth-order valence-corrected chi connectivity index (χ4v) is 0.286. The van der Waals surface area contributed by atoms with Crippen molar-refractivity contribution in [2.24, 2.45) is 0 Å². The predicted octanol–water partition coefficient (Wildman–Crippen LogP) is 1.69. The van der Waals surface area contributed by atoms with Gasteiger partial charge in [-0.25, -0.2) is 0 Å². The average Bonchev–Trinajstić information content (AvgIpc) is 2.05. The number of rotatable bonds is 2. The summed E-state index contributed by atoms with van der Waals surface area (Å²) in [6, 6.07) is 0. The van der Waals surface area contributed by atoms with Gasteiger partial charge in [0.15, 0.2) is 5.76 Å². The molecular weight excluding hydrogens is 142 g/mol. The zero-order chi connectivity index (χ0) is 9.44. The van der Waals surface area contributed by atoms with Crippen molar-refractivity contribution in [3.8, 4) is 0 Å². The summed E-state index contributed by atoms with van der Waals surface area (Å²) in [5.41, 5.74) is 0. The van der Waals surface area contributed by atoms with Crippen molar-refractivity contribution in [3.63, 3.8) is 0 Å². The summed E-state index contributed by atoms with van der Waals surface area (Å²) >= 11 is 0. The van der Waals surface area contributed by atoms with Crippen molar-refractivity contribution >= 4 is 5.91 Å². The zero-order valence-electron chi connectivity index (χ0n) is 7.29. The molecule has 1 N–H and O–H groups in total. The fraction of sp³-hybridized carbons (Fsp3) is 0.375. The molecule has 64 valence electrons. The van der Waals surface area contributed by atoms with Gasteiger partial charge in [0.2, 0.25) is 0 Å². The first-order valence-corrected chi connectivity index (χ1v) is 3.37. The maximum atomic E-state index is 10.6. The zero-order valence-corrected chi connectivity index (χ0v) is 7.29. The molecule has 3 nitrogen and oxygen atoms in total. The lowest BCUT2D eigenvalue weighted by Gasteiger charge is -2.08. The smallest absolute Gasteiger partial charge is 0.291 e. The van der Waals surface area contributed by atoms with E-state index >= 15 is 0 Å². The number of carbonyl (C=O) groups is 1. The summed E-state index contributed by atoms with van der Waals surface area (Å²) in [6.45, 7) is 10.4. The van der Waals surface area contributed by atoms with Crippen LogP contribution >= 0.6 is 0 Å². The third-order valence-electron chi connectivity index (χ3n) is 0.841. The van der Waals surface area contributed by atoms with E-state index in [9.17, 15) is 4.79 Å². The van der Waals surface area contributed by atoms with Crippen LogP contribution in [0, 0.1) is 0 Å². The Balaban J connectivity index is 0. The molecule has 0 heterocycles. The Morgan fingerprint density at radius 2 is 1.91 bits per heavy atom. The second-order valence-electron chi connectivity index (χ2n) is 1.55. The molecule has 3 heteroatoms. The van der Waals surface area contributed by atoms with Crippen LogP contribution in [0.5, 0.6) is 0 Å². The van der Waals surface area contributed by atoms with E-state index in [2.05, 4.69) is 13.2 Å². The van der Waals surface area contributed by atoms with Crippen LogP contribution in [-0.2, 0) is 4.79 Å². The molecular formula is C8H15NO2. The summed E-state index contributed by atoms with van der Waals surface area (Å²) in [5, 5.41) is 8.49. The van der Waals surface area contributed by atoms with Gasteiger partial charge in [-0.3, -0.25) is 4.79 Å². The van der Waals surface area contributed by atoms with Gasteiger partial charge in [-0.2, -0.15) is 0 Å². The first kappa shape index (κ1) is 12.4. The van der Waals surface area contributed by atoms with Crippen molar-refractivity contribution in [1.82, 2.24) is 4.90 Å². The number of likely N-dealkylation sites (N-methyl/N-ethyl adjacent to an activating group) is 1. The lowest BCUT2D eigenvalue weighted by atomic mass is 10.5. The van der Waals surface area contributed by atoms with Gasteiger partial charge >= 0.3 is 0 Å². The molecule has 0 saturated heterocycles. The van der Waals surface area contributed by atoms with E-state index < -0.39 is 11.7 Å². The Labute approximate surface area is 67.6 Å². The highest BCUT2D eigenvalue weighted by Crippen LogP contribution is 1.91. The molecule has 0 spiro atoms. The first-order chi connectivity index (χ1) is 5.09. The second kappa shape index (κ2) is 6.86. The van der Waals surface area contributed by atoms with Crippen LogP contribution in [0.25, 0.3) is 0 Å². The monoisotopic (exact) mass is 157 g/mol. The number of amides is 1. The second-order valence-corrected chi connectivity index (χ2v) is 1.55. The average molecular weight is 157 g/mol. The maximum Gasteiger partial charge on any atom is 0.291 e. The highest BCUT2D eigenvalue weighted by molar-refractivity contribution is 5.90. The van der Waals surface area contributed by atoms with E-state index in [0.717, 1.165) is 4.90 Å². The highest BCUT2D eigenvalue weighted by atomic mass is 16.3. The Bertz CT molecular complexity index is 152. The van der Waals surface area contributed by atoms with Crippen molar-refractivity contribution < 1.29 is 9.90 Å². The molecule has 0 bridgehead atoms. The number of aliphatic hydroxyl groups excluding tert-OH is 1. The summed E-state index contributed by atoms with van der Waals surface area (Å²) in [5.74, 6) is -1.01. The Morgan fingerprint density at radius 3 is 2.00 bits per heavy atom. The molecule has 0 radical (unpaired) electrons. The molecule has 1 amide bonds. The summed E-state index contributed by atoms with van der Waals surface area (Å²) in [4.78, 5) is 11.7. The molecule has 0 fully saturated rings. The minimum atomic E-state index is -0.537. The summed E-state index contributed by atoms with van der Waals surface area (Å²) in [6.07, 6.45) is 1.30. The molecule has 0 atom stereocenters. The molecule has 0 aliphatic heterocycles. The van der Waals surface area contributed by atoms with Gasteiger partial charge in [0.25, 0.3) is 5.91 Å². The minimum Gasteiger partial charge on any atom is -0.503 e. The van der Waals surface area contributed by atoms with E-state index in [0.29, 0.717) is 0 Å². The van der Waals surface area contributed by atoms with Gasteiger partial charge in [-0.15, -0.1) is 0 Å². The molecule has 0 saturated carbocycles. The quantitative estimate of drug-likeness (QED) is 0.489. The van der Waals surface area contributed by atoms with Crippen LogP contribution in [0.3, 0.4) is 0 Å². The Morgan fingerprint density at radius 1 is 1.55 bits per heavy atom. The van der Waals surface area contributed by atoms with Gasteiger partial charge in [0.05, 0.1) is 0 Å². The molecule has 0 aliphatic rings. The molecule has 0 unspecified atom stereocenters. The largest absolute Gasteiger partial charge is 0.503 e. The summed E-state index contributed by atoms with van der Waals surface area (Å²) < 4.78 is 0. The normalized spacial score (nSPS) is 7.18. The highest BCUT2D eigenvalue weighted by Gasteiger charge is 2.06. The van der Waals surface area contributed by atoms with Gasteiger partial charge in [-0.05, 0) is 6.20 Å². The third kappa shape index (κ3) is 5.21. The molecule has 0 aliphatic carbocycles. The maximum absolute atomic E-state index is 10.6. The van der Waals surface area contributed by atoms with E-state index in [-0.39, 0.29) is 0 Å². The van der Waals surface area contributed by atoms with Crippen molar-refractivity contribution in [2.45, 2.75) is 13.8 Å². The Hall–Kier alpha value is -1.25. The minimum absolute atomic E-state index is 0.475. The number of carbonyl (C=O) groups excluding carboxylic acids is 1. The molecule has 0 aromatic carbocycles. The van der Waals surface area contributed by atoms with Crippen LogP contribution in [0.1, 0.15) is 13.8 Å². The molecule has 0 aromatic heterocycles. The summed E-state index contributed by atoms with van der Waals surface area (Å²) in [7, 11) is 1.48. The molecule has 11 heavy (non-hydrogen) atoms. The number of nitrogens with zero attached hydrogens (tertiary/aromatic N) is 1. The van der Waals surface area contributed by atoms with Gasteiger partial charge in [0, 0.05) is 7.05 Å². The third-order valence-corrected chi connectivity index (χ3v) is 0.841. The molecule has 0 aromatic rings. The lowest BCUT2D eigenvalue weighted by molar-refractivity contribution is -0.126. The Kier molecular flexibility index (Phi) is 7.76. The van der Waals surface area contributed by atoms with E-state index in [1.807, 2.05) is 13.8 Å². The lowest BCUT2D eigenvalue weighted by Crippen LogP contribution is -2.21. The van der Waals surface area contributed by atoms with Crippen LogP contribution in [0.2, 0.25) is 0 Å². The van der Waals surface area contributed by atoms with Gasteiger partial charge in [-0.1, -0.05) is 27.0 Å². The van der Waals surface area contributed by atoms with Crippen LogP contribution in [0.15, 0.2) is 25.1 Å². The van der Waals surface area contributed by atoms with Gasteiger partial charge < -0.3 is 10.0 Å². The number of hydrogen-bond donors (Lipinski definition) is 1. The van der Waals surface area contributed by atoms with Crippen molar-refractivity contribution in [3.05, 3.63) is 25.1 Å². The van der Waals surface area contributed by atoms with Crippen LogP contribution in [-0.4, -0.2) is 23.0 Å². The van der Waals surface area contributed by atoms with Gasteiger partial charge in [0.1, 0.15) is 0 Å². The topological polar surface area (TPSA) is 40.5 Å². The number of aliphatic hydroxyl groups is 1. The van der Waals surface area contributed by atoms with Crippen molar-refractivity contribution in [1.29, 1.82) is 0 Å². The van der Waals surface area contributed by atoms with E-state index in [4.69, 9.17) is 5.11 Å².